The van der Waals surface area contributed by atoms with Crippen LogP contribution in [0.3, 0.4) is 0 Å². The average Bonchev–Trinajstić information content (AvgIpc) is 3.19. The first-order chi connectivity index (χ1) is 12.4. The van der Waals surface area contributed by atoms with E-state index in [1.54, 1.807) is 10.4 Å². The van der Waals surface area contributed by atoms with Crippen molar-refractivity contribution in [3.8, 4) is 11.3 Å². The van der Waals surface area contributed by atoms with Gasteiger partial charge >= 0.3 is 0 Å². The number of nitrogens with zero attached hydrogens (tertiary/aromatic N) is 2. The first kappa shape index (κ1) is 17.2. The predicted octanol–water partition coefficient (Wildman–Crippen LogP) is 1.76. The summed E-state index contributed by atoms with van der Waals surface area (Å²) in [4.78, 5) is 12.6. The lowest BCUT2D eigenvalue weighted by molar-refractivity contribution is 0.0904. The molecule has 0 saturated carbocycles. The van der Waals surface area contributed by atoms with Gasteiger partial charge < -0.3 is 5.32 Å². The van der Waals surface area contributed by atoms with Crippen LogP contribution in [0.2, 0.25) is 0 Å². The molecule has 0 spiro atoms. The molecule has 2 saturated heterocycles. The lowest BCUT2D eigenvalue weighted by Crippen LogP contribution is -2.52. The van der Waals surface area contributed by atoms with Gasteiger partial charge in [0, 0.05) is 23.7 Å². The van der Waals surface area contributed by atoms with Gasteiger partial charge in [-0.3, -0.25) is 9.89 Å². The summed E-state index contributed by atoms with van der Waals surface area (Å²) in [5, 5.41) is 10.1. The molecule has 3 heterocycles. The van der Waals surface area contributed by atoms with E-state index in [1.165, 1.54) is 6.26 Å². The Hall–Kier alpha value is -2.19. The highest BCUT2D eigenvalue weighted by Gasteiger charge is 2.45. The van der Waals surface area contributed by atoms with E-state index < -0.39 is 10.0 Å². The second-order valence-corrected chi connectivity index (χ2v) is 9.04. The summed E-state index contributed by atoms with van der Waals surface area (Å²) in [5.74, 6) is -0.197. The van der Waals surface area contributed by atoms with Crippen molar-refractivity contribution in [2.24, 2.45) is 0 Å². The Morgan fingerprint density at radius 1 is 1.19 bits per heavy atom. The Balaban J connectivity index is 1.43. The fourth-order valence-electron chi connectivity index (χ4n) is 4.25. The Labute approximate surface area is 152 Å². The molecule has 0 aliphatic carbocycles. The van der Waals surface area contributed by atoms with Crippen LogP contribution in [0.1, 0.15) is 36.2 Å². The molecule has 0 radical (unpaired) electrons. The maximum Gasteiger partial charge on any atom is 0.269 e. The van der Waals surface area contributed by atoms with Gasteiger partial charge in [-0.1, -0.05) is 30.3 Å². The number of piperidine rings is 1. The van der Waals surface area contributed by atoms with Crippen molar-refractivity contribution < 1.29 is 13.2 Å². The van der Waals surface area contributed by atoms with E-state index in [9.17, 15) is 13.2 Å². The van der Waals surface area contributed by atoms with Gasteiger partial charge in [0.2, 0.25) is 10.0 Å². The molecule has 4 rings (SSSR count). The molecule has 1 aromatic carbocycles. The fraction of sp³-hybridized carbons (Fsp3) is 0.444. The highest BCUT2D eigenvalue weighted by Crippen LogP contribution is 2.37. The number of carbonyl (C=O) groups is 1. The highest BCUT2D eigenvalue weighted by molar-refractivity contribution is 7.88. The quantitative estimate of drug-likeness (QED) is 0.852. The van der Waals surface area contributed by atoms with E-state index in [2.05, 4.69) is 15.5 Å². The van der Waals surface area contributed by atoms with E-state index in [0.717, 1.165) is 24.1 Å². The second kappa shape index (κ2) is 6.51. The lowest BCUT2D eigenvalue weighted by atomic mass is 9.99. The molecule has 8 heteroatoms. The van der Waals surface area contributed by atoms with E-state index >= 15 is 0 Å². The van der Waals surface area contributed by atoms with Gasteiger partial charge in [-0.25, -0.2) is 8.42 Å². The third-order valence-corrected chi connectivity index (χ3v) is 6.64. The number of rotatable bonds is 4. The lowest BCUT2D eigenvalue weighted by Gasteiger charge is -2.37. The molecular formula is C18H22N4O3S. The molecule has 7 nitrogen and oxygen atoms in total. The normalized spacial score (nSPS) is 26.0. The first-order valence-electron chi connectivity index (χ1n) is 8.82. The number of H-pyrrole nitrogens is 1. The molecule has 1 amide bonds. The maximum atomic E-state index is 12.6. The van der Waals surface area contributed by atoms with Crippen LogP contribution < -0.4 is 5.32 Å². The van der Waals surface area contributed by atoms with E-state index in [1.807, 2.05) is 30.3 Å². The molecule has 2 N–H and O–H groups in total. The maximum absolute atomic E-state index is 12.6. The van der Waals surface area contributed by atoms with Crippen LogP contribution in [-0.4, -0.2) is 53.2 Å². The third kappa shape index (κ3) is 3.26. The number of carbonyl (C=O) groups excluding carboxylic acids is 1. The van der Waals surface area contributed by atoms with Gasteiger partial charge in [0.1, 0.15) is 5.69 Å². The zero-order valence-corrected chi connectivity index (χ0v) is 15.4. The number of benzene rings is 1. The first-order valence-corrected chi connectivity index (χ1v) is 10.7. The van der Waals surface area contributed by atoms with Crippen molar-refractivity contribution in [2.75, 3.05) is 6.26 Å². The van der Waals surface area contributed by atoms with Gasteiger partial charge in [-0.05, 0) is 31.7 Å². The Morgan fingerprint density at radius 3 is 2.46 bits per heavy atom. The largest absolute Gasteiger partial charge is 0.348 e. The molecule has 2 bridgehead atoms. The molecule has 26 heavy (non-hydrogen) atoms. The molecule has 2 atom stereocenters. The molecule has 2 aromatic rings. The van der Waals surface area contributed by atoms with Crippen molar-refractivity contribution in [2.45, 2.75) is 43.8 Å². The highest BCUT2D eigenvalue weighted by atomic mass is 32.2. The summed E-state index contributed by atoms with van der Waals surface area (Å²) in [5.41, 5.74) is 2.09. The van der Waals surface area contributed by atoms with Gasteiger partial charge in [0.05, 0.1) is 11.9 Å². The summed E-state index contributed by atoms with van der Waals surface area (Å²) < 4.78 is 25.6. The van der Waals surface area contributed by atoms with Crippen molar-refractivity contribution in [3.63, 3.8) is 0 Å². The number of sulfonamides is 1. The predicted molar refractivity (Wildman–Crippen MR) is 98.0 cm³/mol. The van der Waals surface area contributed by atoms with Crippen LogP contribution in [0, 0.1) is 0 Å². The van der Waals surface area contributed by atoms with E-state index in [0.29, 0.717) is 18.5 Å². The smallest absolute Gasteiger partial charge is 0.269 e. The minimum atomic E-state index is -3.19. The van der Waals surface area contributed by atoms with Crippen LogP contribution >= 0.6 is 0 Å². The van der Waals surface area contributed by atoms with Crippen LogP contribution in [0.5, 0.6) is 0 Å². The minimum Gasteiger partial charge on any atom is -0.348 e. The monoisotopic (exact) mass is 374 g/mol. The molecule has 2 fully saturated rings. The topological polar surface area (TPSA) is 95.2 Å². The number of aromatic amines is 1. The number of fused-ring (bicyclic) bond motifs is 2. The zero-order valence-electron chi connectivity index (χ0n) is 14.6. The van der Waals surface area contributed by atoms with Gasteiger partial charge in [-0.2, -0.15) is 9.40 Å². The third-order valence-electron chi connectivity index (χ3n) is 5.28. The second-order valence-electron chi connectivity index (χ2n) is 7.15. The number of hydrogen-bond donors (Lipinski definition) is 2. The van der Waals surface area contributed by atoms with Crippen molar-refractivity contribution >= 4 is 15.9 Å². The van der Waals surface area contributed by atoms with Gasteiger partial charge in [-0.15, -0.1) is 0 Å². The fourth-order valence-corrected chi connectivity index (χ4v) is 5.72. The van der Waals surface area contributed by atoms with Gasteiger partial charge in [0.15, 0.2) is 0 Å². The minimum absolute atomic E-state index is 0.00398. The summed E-state index contributed by atoms with van der Waals surface area (Å²) in [7, 11) is -3.19. The Morgan fingerprint density at radius 2 is 1.85 bits per heavy atom. The van der Waals surface area contributed by atoms with Crippen molar-refractivity contribution in [1.82, 2.24) is 19.8 Å². The molecule has 2 unspecified atom stereocenters. The number of nitrogens with one attached hydrogen (secondary N) is 2. The number of hydrogen-bond acceptors (Lipinski definition) is 4. The molecular weight excluding hydrogens is 352 g/mol. The Bertz CT molecular complexity index is 896. The number of aromatic nitrogens is 2. The average molecular weight is 374 g/mol. The van der Waals surface area contributed by atoms with Crippen LogP contribution in [0.15, 0.2) is 36.4 Å². The van der Waals surface area contributed by atoms with E-state index in [-0.39, 0.29) is 24.0 Å². The molecule has 2 aliphatic rings. The summed E-state index contributed by atoms with van der Waals surface area (Å²) in [6.45, 7) is 0. The molecule has 2 aliphatic heterocycles. The van der Waals surface area contributed by atoms with E-state index in [4.69, 9.17) is 0 Å². The van der Waals surface area contributed by atoms with Crippen LogP contribution in [0.25, 0.3) is 11.3 Å². The summed E-state index contributed by atoms with van der Waals surface area (Å²) >= 11 is 0. The molecule has 138 valence electrons. The number of amides is 1. The van der Waals surface area contributed by atoms with Crippen molar-refractivity contribution in [3.05, 3.63) is 42.1 Å². The van der Waals surface area contributed by atoms with Crippen LogP contribution in [0.4, 0.5) is 0 Å². The SMILES string of the molecule is CS(=O)(=O)N1C2CCC1CC(NC(=O)c1cc(-c3ccccc3)n[nH]1)C2. The van der Waals surface area contributed by atoms with Crippen LogP contribution in [-0.2, 0) is 10.0 Å². The van der Waals surface area contributed by atoms with Crippen molar-refractivity contribution in [1.29, 1.82) is 0 Å². The molecule has 1 aromatic heterocycles. The van der Waals surface area contributed by atoms with Gasteiger partial charge in [0.25, 0.3) is 5.91 Å². The zero-order chi connectivity index (χ0) is 18.3. The summed E-state index contributed by atoms with van der Waals surface area (Å²) in [6, 6.07) is 11.4. The Kier molecular flexibility index (Phi) is 4.32. The standard InChI is InChI=1S/C18H22N4O3S/c1-26(24,25)22-14-7-8-15(22)10-13(9-14)19-18(23)17-11-16(20-21-17)12-5-3-2-4-6-12/h2-6,11,13-15H,7-10H2,1H3,(H,19,23)(H,20,21). The summed E-state index contributed by atoms with van der Waals surface area (Å²) in [6.07, 6.45) is 4.33.